The molecule has 3 rings (SSSR count). The molecule has 0 amide bonds. The van der Waals surface area contributed by atoms with E-state index in [1.54, 1.807) is 28.4 Å². The summed E-state index contributed by atoms with van der Waals surface area (Å²) in [6.07, 6.45) is 1.89. The number of hydrogen-bond acceptors (Lipinski definition) is 5. The van der Waals surface area contributed by atoms with E-state index < -0.39 is 0 Å². The first-order chi connectivity index (χ1) is 15.6. The highest BCUT2D eigenvalue weighted by atomic mass is 127. The van der Waals surface area contributed by atoms with E-state index in [4.69, 9.17) is 14.2 Å². The largest absolute Gasteiger partial charge is 0.496 e. The van der Waals surface area contributed by atoms with Gasteiger partial charge in [0.15, 0.2) is 17.5 Å². The second kappa shape index (κ2) is 13.5. The van der Waals surface area contributed by atoms with Gasteiger partial charge >= 0.3 is 0 Å². The van der Waals surface area contributed by atoms with Gasteiger partial charge in [0, 0.05) is 39.8 Å². The Morgan fingerprint density at radius 2 is 1.61 bits per heavy atom. The molecule has 0 radical (unpaired) electrons. The fourth-order valence-electron chi connectivity index (χ4n) is 4.10. The summed E-state index contributed by atoms with van der Waals surface area (Å²) < 4.78 is 16.4. The number of ether oxygens (including phenoxy) is 3. The van der Waals surface area contributed by atoms with Crippen molar-refractivity contribution in [1.82, 2.24) is 15.5 Å². The normalized spacial score (nSPS) is 13.5. The highest BCUT2D eigenvalue weighted by Gasteiger charge is 2.19. The molecular formula is C25H37IN4O3. The molecular weight excluding hydrogens is 531 g/mol. The predicted octanol–water partition coefficient (Wildman–Crippen LogP) is 3.40. The maximum atomic E-state index is 5.47. The first-order valence-electron chi connectivity index (χ1n) is 11.1. The zero-order chi connectivity index (χ0) is 22.9. The summed E-state index contributed by atoms with van der Waals surface area (Å²) in [5, 5.41) is 6.83. The van der Waals surface area contributed by atoms with Crippen LogP contribution >= 0.6 is 24.0 Å². The molecule has 0 fully saturated rings. The molecule has 0 aromatic heterocycles. The van der Waals surface area contributed by atoms with E-state index in [9.17, 15) is 0 Å². The summed E-state index contributed by atoms with van der Waals surface area (Å²) in [6.45, 7) is 6.61. The van der Waals surface area contributed by atoms with Gasteiger partial charge in [-0.25, -0.2) is 0 Å². The lowest BCUT2D eigenvalue weighted by Crippen LogP contribution is -2.43. The van der Waals surface area contributed by atoms with Crippen LogP contribution in [0.25, 0.3) is 0 Å². The number of benzene rings is 2. The van der Waals surface area contributed by atoms with E-state index in [0.29, 0.717) is 0 Å². The van der Waals surface area contributed by atoms with E-state index in [1.807, 2.05) is 6.07 Å². The first-order valence-corrected chi connectivity index (χ1v) is 11.1. The molecule has 0 saturated carbocycles. The van der Waals surface area contributed by atoms with Gasteiger partial charge in [-0.3, -0.25) is 9.89 Å². The topological polar surface area (TPSA) is 67.4 Å². The summed E-state index contributed by atoms with van der Waals surface area (Å²) in [4.78, 5) is 6.80. The minimum atomic E-state index is 0. The molecule has 1 heterocycles. The van der Waals surface area contributed by atoms with Crippen molar-refractivity contribution in [2.75, 3.05) is 54.6 Å². The number of methoxy groups -OCH3 is 3. The van der Waals surface area contributed by atoms with Crippen LogP contribution in [0.4, 0.5) is 0 Å². The Kier molecular flexibility index (Phi) is 11.1. The second-order valence-corrected chi connectivity index (χ2v) is 7.99. The third kappa shape index (κ3) is 7.40. The molecule has 8 heteroatoms. The molecule has 0 saturated heterocycles. The van der Waals surface area contributed by atoms with E-state index in [1.165, 1.54) is 22.3 Å². The maximum Gasteiger partial charge on any atom is 0.191 e. The summed E-state index contributed by atoms with van der Waals surface area (Å²) in [5.74, 6) is 3.35. The van der Waals surface area contributed by atoms with Crippen LogP contribution in [0, 0.1) is 6.92 Å². The first kappa shape index (κ1) is 27.0. The van der Waals surface area contributed by atoms with E-state index in [0.717, 1.165) is 68.8 Å². The molecule has 1 aliphatic rings. The number of hydrogen-bond donors (Lipinski definition) is 2. The zero-order valence-corrected chi connectivity index (χ0v) is 22.7. The van der Waals surface area contributed by atoms with Crippen LogP contribution in [-0.2, 0) is 19.4 Å². The molecule has 2 aromatic carbocycles. The summed E-state index contributed by atoms with van der Waals surface area (Å²) in [6, 6.07) is 10.5. The molecule has 0 atom stereocenters. The van der Waals surface area contributed by atoms with Crippen LogP contribution in [0.15, 0.2) is 35.3 Å². The smallest absolute Gasteiger partial charge is 0.191 e. The van der Waals surface area contributed by atoms with Gasteiger partial charge in [0.05, 0.1) is 21.3 Å². The number of aryl methyl sites for hydroxylation is 1. The summed E-state index contributed by atoms with van der Waals surface area (Å²) in [7, 11) is 6.89. The average Bonchev–Trinajstić information content (AvgIpc) is 2.82. The van der Waals surface area contributed by atoms with Crippen LogP contribution in [0.3, 0.4) is 0 Å². The van der Waals surface area contributed by atoms with Gasteiger partial charge in [0.1, 0.15) is 5.75 Å². The summed E-state index contributed by atoms with van der Waals surface area (Å²) in [5.41, 5.74) is 5.09. The van der Waals surface area contributed by atoms with Gasteiger partial charge in [-0.15, -0.1) is 24.0 Å². The SMILES string of the molecule is CN=C(NCCc1cc(C)ccc1OC)NCCN1CCc2cc(OC)c(OC)cc2C1.I. The van der Waals surface area contributed by atoms with Gasteiger partial charge in [-0.2, -0.15) is 0 Å². The predicted molar refractivity (Wildman–Crippen MR) is 145 cm³/mol. The Morgan fingerprint density at radius 1 is 0.939 bits per heavy atom. The summed E-state index contributed by atoms with van der Waals surface area (Å²) >= 11 is 0. The van der Waals surface area contributed by atoms with Crippen molar-refractivity contribution in [2.45, 2.75) is 26.3 Å². The van der Waals surface area contributed by atoms with Gasteiger partial charge in [0.25, 0.3) is 0 Å². The number of fused-ring (bicyclic) bond motifs is 1. The fraction of sp³-hybridized carbons (Fsp3) is 0.480. The van der Waals surface area contributed by atoms with Gasteiger partial charge in [-0.1, -0.05) is 17.7 Å². The number of guanidine groups is 1. The Balaban J connectivity index is 0.00000385. The minimum Gasteiger partial charge on any atom is -0.496 e. The number of rotatable bonds is 9. The Bertz CT molecular complexity index is 936. The van der Waals surface area contributed by atoms with Crippen LogP contribution in [0.1, 0.15) is 22.3 Å². The number of nitrogens with one attached hydrogen (secondary N) is 2. The third-order valence-electron chi connectivity index (χ3n) is 5.86. The number of aliphatic imine (C=N–C) groups is 1. The van der Waals surface area contributed by atoms with E-state index in [-0.39, 0.29) is 24.0 Å². The average molecular weight is 569 g/mol. The van der Waals surface area contributed by atoms with Gasteiger partial charge < -0.3 is 24.8 Å². The lowest BCUT2D eigenvalue weighted by molar-refractivity contribution is 0.256. The lowest BCUT2D eigenvalue weighted by Gasteiger charge is -2.29. The molecule has 2 aromatic rings. The zero-order valence-electron chi connectivity index (χ0n) is 20.4. The number of nitrogens with zero attached hydrogens (tertiary/aromatic N) is 2. The highest BCUT2D eigenvalue weighted by molar-refractivity contribution is 14.0. The molecule has 7 nitrogen and oxygen atoms in total. The van der Waals surface area contributed by atoms with Crippen LogP contribution in [0.2, 0.25) is 0 Å². The van der Waals surface area contributed by atoms with Crippen molar-refractivity contribution in [3.8, 4) is 17.2 Å². The Labute approximate surface area is 214 Å². The van der Waals surface area contributed by atoms with E-state index >= 15 is 0 Å². The van der Waals surface area contributed by atoms with Gasteiger partial charge in [0.2, 0.25) is 0 Å². The van der Waals surface area contributed by atoms with Crippen molar-refractivity contribution in [3.63, 3.8) is 0 Å². The van der Waals surface area contributed by atoms with Crippen LogP contribution in [0.5, 0.6) is 17.2 Å². The standard InChI is InChI=1S/C25H36N4O3.HI/c1-18-6-7-22(30-3)20(14-18)8-10-27-25(26-2)28-11-13-29-12-9-19-15-23(31-4)24(32-5)16-21(19)17-29;/h6-7,14-16H,8-13,17H2,1-5H3,(H2,26,27,28);1H. The maximum absolute atomic E-state index is 5.47. The van der Waals surface area contributed by atoms with Crippen molar-refractivity contribution in [3.05, 3.63) is 52.6 Å². The van der Waals surface area contributed by atoms with Crippen LogP contribution in [-0.4, -0.2) is 65.4 Å². The lowest BCUT2D eigenvalue weighted by atomic mass is 9.99. The van der Waals surface area contributed by atoms with Crippen molar-refractivity contribution < 1.29 is 14.2 Å². The van der Waals surface area contributed by atoms with Gasteiger partial charge in [-0.05, 0) is 54.7 Å². The molecule has 0 bridgehead atoms. The third-order valence-corrected chi connectivity index (χ3v) is 5.86. The highest BCUT2D eigenvalue weighted by Crippen LogP contribution is 2.33. The quantitative estimate of drug-likeness (QED) is 0.275. The molecule has 0 unspecified atom stereocenters. The molecule has 0 aliphatic carbocycles. The molecule has 0 spiro atoms. The van der Waals surface area contributed by atoms with Crippen molar-refractivity contribution in [1.29, 1.82) is 0 Å². The minimum absolute atomic E-state index is 0. The monoisotopic (exact) mass is 568 g/mol. The fourth-order valence-corrected chi connectivity index (χ4v) is 4.10. The number of halogens is 1. The molecule has 2 N–H and O–H groups in total. The molecule has 182 valence electrons. The van der Waals surface area contributed by atoms with Crippen LogP contribution < -0.4 is 24.8 Å². The van der Waals surface area contributed by atoms with Crippen molar-refractivity contribution in [2.24, 2.45) is 4.99 Å². The molecule has 33 heavy (non-hydrogen) atoms. The Morgan fingerprint density at radius 3 is 2.27 bits per heavy atom. The molecule has 1 aliphatic heterocycles. The Hall–Kier alpha value is -2.20. The second-order valence-electron chi connectivity index (χ2n) is 7.99. The van der Waals surface area contributed by atoms with E-state index in [2.05, 4.69) is 51.7 Å². The van der Waals surface area contributed by atoms with Crippen molar-refractivity contribution >= 4 is 29.9 Å².